The van der Waals surface area contributed by atoms with Gasteiger partial charge in [0, 0.05) is 5.56 Å². The maximum Gasteiger partial charge on any atom is 0.271 e. The van der Waals surface area contributed by atoms with E-state index in [0.29, 0.717) is 0 Å². The Morgan fingerprint density at radius 2 is 1.50 bits per heavy atom. The van der Waals surface area contributed by atoms with Crippen LogP contribution in [0.2, 0.25) is 0 Å². The van der Waals surface area contributed by atoms with Crippen molar-refractivity contribution in [1.29, 1.82) is 0 Å². The van der Waals surface area contributed by atoms with E-state index < -0.39 is 0 Å². The van der Waals surface area contributed by atoms with E-state index in [1.165, 1.54) is 0 Å². The summed E-state index contributed by atoms with van der Waals surface area (Å²) in [4.78, 5) is 12.8. The summed E-state index contributed by atoms with van der Waals surface area (Å²) in [7, 11) is 0. The summed E-state index contributed by atoms with van der Waals surface area (Å²) in [6.45, 7) is 12.3. The largest absolute Gasteiger partial charge is 0.294 e. The van der Waals surface area contributed by atoms with Crippen molar-refractivity contribution < 1.29 is 0 Å². The summed E-state index contributed by atoms with van der Waals surface area (Å²) in [5.41, 5.74) is 2.44. The third kappa shape index (κ3) is 2.58. The van der Waals surface area contributed by atoms with E-state index in [2.05, 4.69) is 25.9 Å². The van der Waals surface area contributed by atoms with Crippen LogP contribution < -0.4 is 5.56 Å². The zero-order valence-corrected chi connectivity index (χ0v) is 13.2. The van der Waals surface area contributed by atoms with Crippen molar-refractivity contribution in [3.8, 4) is 11.3 Å². The van der Waals surface area contributed by atoms with Crippen LogP contribution in [0, 0.1) is 0 Å². The van der Waals surface area contributed by atoms with E-state index in [0.717, 1.165) is 16.8 Å². The van der Waals surface area contributed by atoms with Gasteiger partial charge in [-0.15, -0.1) is 0 Å². The highest BCUT2D eigenvalue weighted by molar-refractivity contribution is 5.64. The van der Waals surface area contributed by atoms with E-state index in [1.54, 1.807) is 4.68 Å². The van der Waals surface area contributed by atoms with Gasteiger partial charge >= 0.3 is 0 Å². The predicted octanol–water partition coefficient (Wildman–Crippen LogP) is 3.90. The fourth-order valence-electron chi connectivity index (χ4n) is 2.42. The van der Waals surface area contributed by atoms with Crippen molar-refractivity contribution in [2.75, 3.05) is 0 Å². The molecule has 0 amide bonds. The first-order valence-corrected chi connectivity index (χ1v) is 7.04. The number of hydrogen-bond acceptors (Lipinski definition) is 1. The molecular weight excluding hydrogens is 248 g/mol. The third-order valence-corrected chi connectivity index (χ3v) is 3.37. The zero-order valence-electron chi connectivity index (χ0n) is 13.2. The molecule has 1 N–H and O–H groups in total. The Labute approximate surface area is 120 Å². The number of nitrogens with zero attached hydrogens (tertiary/aromatic N) is 1. The van der Waals surface area contributed by atoms with E-state index in [9.17, 15) is 4.79 Å². The topological polar surface area (TPSA) is 37.8 Å². The quantitative estimate of drug-likeness (QED) is 0.840. The van der Waals surface area contributed by atoms with Crippen LogP contribution in [0.15, 0.2) is 35.1 Å². The molecule has 1 heterocycles. The lowest BCUT2D eigenvalue weighted by Gasteiger charge is -2.19. The molecule has 3 heteroatoms. The van der Waals surface area contributed by atoms with Crippen molar-refractivity contribution in [2.45, 2.75) is 52.5 Å². The maximum atomic E-state index is 12.8. The summed E-state index contributed by atoms with van der Waals surface area (Å²) in [6, 6.07) is 10.0. The fraction of sp³-hybridized carbons (Fsp3) is 0.471. The Bertz CT molecular complexity index is 649. The second-order valence-corrected chi connectivity index (χ2v) is 7.29. The van der Waals surface area contributed by atoms with Crippen LogP contribution in [0.25, 0.3) is 11.3 Å². The van der Waals surface area contributed by atoms with Gasteiger partial charge in [-0.05, 0) is 31.7 Å². The normalized spacial score (nSPS) is 12.7. The lowest BCUT2D eigenvalue weighted by Crippen LogP contribution is -2.35. The summed E-state index contributed by atoms with van der Waals surface area (Å²) in [5.74, 6) is 0. The number of hydrogen-bond donors (Lipinski definition) is 1. The van der Waals surface area contributed by atoms with Gasteiger partial charge in [0.15, 0.2) is 0 Å². The summed E-state index contributed by atoms with van der Waals surface area (Å²) < 4.78 is 1.73. The summed E-state index contributed by atoms with van der Waals surface area (Å²) in [5, 5.41) is 3.32. The van der Waals surface area contributed by atoms with Gasteiger partial charge in [-0.3, -0.25) is 9.89 Å². The molecule has 0 aliphatic rings. The number of nitrogens with one attached hydrogen (secondary N) is 1. The van der Waals surface area contributed by atoms with Gasteiger partial charge in [0.25, 0.3) is 5.56 Å². The first-order chi connectivity index (χ1) is 9.12. The second-order valence-electron chi connectivity index (χ2n) is 7.29. The van der Waals surface area contributed by atoms with E-state index in [-0.39, 0.29) is 16.5 Å². The molecule has 3 nitrogen and oxygen atoms in total. The molecule has 20 heavy (non-hydrogen) atoms. The molecule has 0 spiro atoms. The van der Waals surface area contributed by atoms with Crippen LogP contribution >= 0.6 is 0 Å². The van der Waals surface area contributed by atoms with Crippen molar-refractivity contribution >= 4 is 0 Å². The van der Waals surface area contributed by atoms with Crippen LogP contribution in [0.3, 0.4) is 0 Å². The number of aromatic amines is 1. The molecular formula is C17H24N2O. The molecule has 0 fully saturated rings. The van der Waals surface area contributed by atoms with Crippen LogP contribution in [-0.4, -0.2) is 9.78 Å². The minimum absolute atomic E-state index is 0.0730. The molecule has 0 saturated heterocycles. The standard InChI is InChI=1S/C17H24N2O/c1-16(2,3)13-14(12-10-8-7-9-11-12)18-19(15(13)20)17(4,5)6/h7-11,18H,1-6H3. The number of aromatic nitrogens is 2. The van der Waals surface area contributed by atoms with Crippen molar-refractivity contribution in [1.82, 2.24) is 9.78 Å². The SMILES string of the molecule is CC(C)(C)c1c(-c2ccccc2)[nH]n(C(C)(C)C)c1=O. The minimum Gasteiger partial charge on any atom is -0.294 e. The smallest absolute Gasteiger partial charge is 0.271 e. The number of benzene rings is 1. The number of H-pyrrole nitrogens is 1. The van der Waals surface area contributed by atoms with Crippen LogP contribution in [0.4, 0.5) is 0 Å². The zero-order chi connectivity index (χ0) is 15.1. The van der Waals surface area contributed by atoms with E-state index >= 15 is 0 Å². The van der Waals surface area contributed by atoms with Crippen LogP contribution in [0.1, 0.15) is 47.1 Å². The Morgan fingerprint density at radius 3 is 1.95 bits per heavy atom. The average molecular weight is 272 g/mol. The Kier molecular flexibility index (Phi) is 3.41. The van der Waals surface area contributed by atoms with Gasteiger partial charge < -0.3 is 0 Å². The van der Waals surface area contributed by atoms with Gasteiger partial charge in [-0.25, -0.2) is 4.68 Å². The maximum absolute atomic E-state index is 12.8. The molecule has 2 rings (SSSR count). The van der Waals surface area contributed by atoms with Gasteiger partial charge in [-0.1, -0.05) is 51.1 Å². The predicted molar refractivity (Wildman–Crippen MR) is 84.2 cm³/mol. The Hall–Kier alpha value is -1.77. The lowest BCUT2D eigenvalue weighted by atomic mass is 9.85. The fourth-order valence-corrected chi connectivity index (χ4v) is 2.42. The van der Waals surface area contributed by atoms with Gasteiger partial charge in [-0.2, -0.15) is 0 Å². The molecule has 1 aromatic carbocycles. The van der Waals surface area contributed by atoms with Crippen LogP contribution in [0.5, 0.6) is 0 Å². The van der Waals surface area contributed by atoms with E-state index in [1.807, 2.05) is 51.1 Å². The molecule has 108 valence electrons. The summed E-state index contributed by atoms with van der Waals surface area (Å²) in [6.07, 6.45) is 0. The Balaban J connectivity index is 2.78. The van der Waals surface area contributed by atoms with Gasteiger partial charge in [0.2, 0.25) is 0 Å². The molecule has 0 radical (unpaired) electrons. The van der Waals surface area contributed by atoms with E-state index in [4.69, 9.17) is 0 Å². The van der Waals surface area contributed by atoms with Crippen molar-refractivity contribution in [3.63, 3.8) is 0 Å². The molecule has 0 atom stereocenters. The highest BCUT2D eigenvalue weighted by atomic mass is 16.1. The first-order valence-electron chi connectivity index (χ1n) is 7.04. The second kappa shape index (κ2) is 4.65. The molecule has 0 aliphatic heterocycles. The van der Waals surface area contributed by atoms with Gasteiger partial charge in [0.05, 0.1) is 11.2 Å². The Morgan fingerprint density at radius 1 is 0.950 bits per heavy atom. The first kappa shape index (κ1) is 14.6. The molecule has 1 aromatic heterocycles. The lowest BCUT2D eigenvalue weighted by molar-refractivity contribution is 0.344. The van der Waals surface area contributed by atoms with Crippen LogP contribution in [-0.2, 0) is 11.0 Å². The van der Waals surface area contributed by atoms with Crippen molar-refractivity contribution in [2.24, 2.45) is 0 Å². The van der Waals surface area contributed by atoms with Crippen molar-refractivity contribution in [3.05, 3.63) is 46.2 Å². The minimum atomic E-state index is -0.260. The summed E-state index contributed by atoms with van der Waals surface area (Å²) >= 11 is 0. The van der Waals surface area contributed by atoms with Gasteiger partial charge in [0.1, 0.15) is 0 Å². The molecule has 2 aromatic rings. The average Bonchev–Trinajstić information content (AvgIpc) is 2.67. The third-order valence-electron chi connectivity index (χ3n) is 3.37. The monoisotopic (exact) mass is 272 g/mol. The highest BCUT2D eigenvalue weighted by Gasteiger charge is 2.29. The molecule has 0 aliphatic carbocycles. The molecule has 0 saturated carbocycles. The molecule has 0 bridgehead atoms. The number of rotatable bonds is 1. The molecule has 0 unspecified atom stereocenters. The highest BCUT2D eigenvalue weighted by Crippen LogP contribution is 2.30.